The predicted molar refractivity (Wildman–Crippen MR) is 76.5 cm³/mol. The maximum absolute atomic E-state index is 12.9. The first kappa shape index (κ1) is 15.8. The Morgan fingerprint density at radius 1 is 1.35 bits per heavy atom. The number of ether oxygens (including phenoxy) is 1. The fourth-order valence-corrected chi connectivity index (χ4v) is 5.08. The van der Waals surface area contributed by atoms with E-state index in [1.54, 1.807) is 13.8 Å². The second-order valence-corrected chi connectivity index (χ2v) is 7.00. The van der Waals surface area contributed by atoms with Crippen LogP contribution in [-0.4, -0.2) is 38.5 Å². The smallest absolute Gasteiger partial charge is 0.247 e. The summed E-state index contributed by atoms with van der Waals surface area (Å²) in [5.41, 5.74) is 0.561. The van der Waals surface area contributed by atoms with Crippen molar-refractivity contribution < 1.29 is 17.6 Å². The van der Waals surface area contributed by atoms with Gasteiger partial charge in [0.1, 0.15) is 16.4 Å². The molecule has 1 aliphatic rings. The lowest BCUT2D eigenvalue weighted by atomic mass is 10.2. The van der Waals surface area contributed by atoms with Crippen molar-refractivity contribution in [1.29, 1.82) is 0 Å². The quantitative estimate of drug-likeness (QED) is 0.799. The molecule has 1 aromatic heterocycles. The van der Waals surface area contributed by atoms with Crippen molar-refractivity contribution >= 4 is 21.6 Å². The molecule has 0 N–H and O–H groups in total. The van der Waals surface area contributed by atoms with E-state index in [9.17, 15) is 8.42 Å². The van der Waals surface area contributed by atoms with Gasteiger partial charge in [-0.05, 0) is 20.3 Å². The number of halogens is 1. The highest BCUT2D eigenvalue weighted by Crippen LogP contribution is 2.32. The van der Waals surface area contributed by atoms with Crippen LogP contribution in [0.1, 0.15) is 30.4 Å². The fourth-order valence-electron chi connectivity index (χ4n) is 2.60. The molecule has 1 fully saturated rings. The molecule has 5 nitrogen and oxygen atoms in total. The van der Waals surface area contributed by atoms with Crippen LogP contribution in [0.4, 0.5) is 0 Å². The molecule has 0 spiro atoms. The SMILES string of the molecule is CCC1COCCN1S(=O)(=O)c1c(C)oc(C)c1CCl. The molecule has 1 atom stereocenters. The zero-order valence-electron chi connectivity index (χ0n) is 12.0. The number of hydrogen-bond donors (Lipinski definition) is 0. The predicted octanol–water partition coefficient (Wildman–Crippen LogP) is 2.43. The van der Waals surface area contributed by atoms with Crippen LogP contribution in [0.25, 0.3) is 0 Å². The second kappa shape index (κ2) is 6.05. The molecule has 0 aliphatic carbocycles. The Hall–Kier alpha value is -0.560. The Balaban J connectivity index is 2.49. The highest BCUT2D eigenvalue weighted by molar-refractivity contribution is 7.89. The zero-order chi connectivity index (χ0) is 14.9. The van der Waals surface area contributed by atoms with Crippen LogP contribution in [0.5, 0.6) is 0 Å². The summed E-state index contributed by atoms with van der Waals surface area (Å²) in [6, 6.07) is -0.133. The van der Waals surface area contributed by atoms with E-state index in [0.717, 1.165) is 0 Å². The van der Waals surface area contributed by atoms with E-state index in [0.29, 0.717) is 43.3 Å². The summed E-state index contributed by atoms with van der Waals surface area (Å²) in [6.07, 6.45) is 0.714. The maximum Gasteiger partial charge on any atom is 0.247 e. The van der Waals surface area contributed by atoms with Crippen molar-refractivity contribution in [2.24, 2.45) is 0 Å². The summed E-state index contributed by atoms with van der Waals surface area (Å²) in [7, 11) is -3.60. The normalized spacial score (nSPS) is 21.3. The summed E-state index contributed by atoms with van der Waals surface area (Å²) >= 11 is 5.90. The van der Waals surface area contributed by atoms with Crippen molar-refractivity contribution in [3.05, 3.63) is 17.1 Å². The molecule has 0 saturated carbocycles. The molecule has 20 heavy (non-hydrogen) atoms. The van der Waals surface area contributed by atoms with Crippen molar-refractivity contribution in [1.82, 2.24) is 4.31 Å². The molecule has 1 unspecified atom stereocenters. The van der Waals surface area contributed by atoms with Crippen LogP contribution in [-0.2, 0) is 20.6 Å². The molecule has 7 heteroatoms. The Labute approximate surface area is 124 Å². The fraction of sp³-hybridized carbons (Fsp3) is 0.692. The third-order valence-corrected chi connectivity index (χ3v) is 6.09. The van der Waals surface area contributed by atoms with Gasteiger partial charge in [0.25, 0.3) is 0 Å². The third kappa shape index (κ3) is 2.62. The summed E-state index contributed by atoms with van der Waals surface area (Å²) in [6.45, 7) is 6.57. The molecular formula is C13H20ClNO4S. The van der Waals surface area contributed by atoms with Gasteiger partial charge in [-0.15, -0.1) is 11.6 Å². The van der Waals surface area contributed by atoms with Gasteiger partial charge in [-0.2, -0.15) is 4.31 Å². The largest absolute Gasteiger partial charge is 0.465 e. The topological polar surface area (TPSA) is 59.8 Å². The second-order valence-electron chi connectivity index (χ2n) is 4.91. The van der Waals surface area contributed by atoms with Gasteiger partial charge >= 0.3 is 0 Å². The number of sulfonamides is 1. The van der Waals surface area contributed by atoms with E-state index < -0.39 is 10.0 Å². The zero-order valence-corrected chi connectivity index (χ0v) is 13.6. The highest BCUT2D eigenvalue weighted by Gasteiger charge is 2.37. The molecule has 2 rings (SSSR count). The molecule has 2 heterocycles. The molecule has 0 bridgehead atoms. The minimum absolute atomic E-state index is 0.124. The van der Waals surface area contributed by atoms with E-state index in [1.807, 2.05) is 6.92 Å². The van der Waals surface area contributed by atoms with Gasteiger partial charge < -0.3 is 9.15 Å². The van der Waals surface area contributed by atoms with Crippen LogP contribution in [0.2, 0.25) is 0 Å². The molecule has 0 aromatic carbocycles. The first-order valence-electron chi connectivity index (χ1n) is 6.67. The van der Waals surface area contributed by atoms with Crippen LogP contribution in [0.15, 0.2) is 9.31 Å². The van der Waals surface area contributed by atoms with E-state index in [4.69, 9.17) is 20.8 Å². The molecule has 114 valence electrons. The van der Waals surface area contributed by atoms with Gasteiger partial charge in [0.15, 0.2) is 0 Å². The molecule has 1 aromatic rings. The van der Waals surface area contributed by atoms with Crippen LogP contribution in [0, 0.1) is 13.8 Å². The number of nitrogens with zero attached hydrogens (tertiary/aromatic N) is 1. The van der Waals surface area contributed by atoms with Crippen molar-refractivity contribution in [3.8, 4) is 0 Å². The molecular weight excluding hydrogens is 302 g/mol. The number of hydrogen-bond acceptors (Lipinski definition) is 4. The molecule has 1 aliphatic heterocycles. The van der Waals surface area contributed by atoms with E-state index in [2.05, 4.69) is 0 Å². The van der Waals surface area contributed by atoms with Gasteiger partial charge in [0.05, 0.1) is 19.1 Å². The number of rotatable bonds is 4. The third-order valence-electron chi connectivity index (χ3n) is 3.67. The highest BCUT2D eigenvalue weighted by atomic mass is 35.5. The average molecular weight is 322 g/mol. The lowest BCUT2D eigenvalue weighted by Gasteiger charge is -2.34. The van der Waals surface area contributed by atoms with Gasteiger partial charge in [-0.3, -0.25) is 0 Å². The summed E-state index contributed by atoms with van der Waals surface area (Å²) in [5.74, 6) is 1.09. The Morgan fingerprint density at radius 3 is 2.65 bits per heavy atom. The van der Waals surface area contributed by atoms with Crippen molar-refractivity contribution in [2.75, 3.05) is 19.8 Å². The van der Waals surface area contributed by atoms with Crippen LogP contribution in [0.3, 0.4) is 0 Å². The molecule has 0 radical (unpaired) electrons. The van der Waals surface area contributed by atoms with Crippen molar-refractivity contribution in [3.63, 3.8) is 0 Å². The maximum atomic E-state index is 12.9. The molecule has 0 amide bonds. The monoisotopic (exact) mass is 321 g/mol. The Bertz CT molecular complexity index is 581. The van der Waals surface area contributed by atoms with Crippen molar-refractivity contribution in [2.45, 2.75) is 44.0 Å². The van der Waals surface area contributed by atoms with Gasteiger partial charge in [0.2, 0.25) is 10.0 Å². The lowest BCUT2D eigenvalue weighted by molar-refractivity contribution is 0.0313. The van der Waals surface area contributed by atoms with Gasteiger partial charge in [-0.25, -0.2) is 8.42 Å². The lowest BCUT2D eigenvalue weighted by Crippen LogP contribution is -2.48. The van der Waals surface area contributed by atoms with E-state index in [1.165, 1.54) is 4.31 Å². The number of alkyl halides is 1. The van der Waals surface area contributed by atoms with Crippen LogP contribution < -0.4 is 0 Å². The van der Waals surface area contributed by atoms with E-state index in [-0.39, 0.29) is 16.8 Å². The minimum atomic E-state index is -3.60. The van der Waals surface area contributed by atoms with Gasteiger partial charge in [0, 0.05) is 18.2 Å². The number of aryl methyl sites for hydroxylation is 2. The van der Waals surface area contributed by atoms with Crippen LogP contribution >= 0.6 is 11.6 Å². The summed E-state index contributed by atoms with van der Waals surface area (Å²) < 4.78 is 38.2. The average Bonchev–Trinajstić information content (AvgIpc) is 2.73. The summed E-state index contributed by atoms with van der Waals surface area (Å²) in [5, 5.41) is 0. The number of furan rings is 1. The first-order valence-corrected chi connectivity index (χ1v) is 8.65. The standard InChI is InChI=1S/C13H20ClNO4S/c1-4-11-8-18-6-5-15(11)20(16,17)13-10(3)19-9(2)12(13)7-14/h11H,4-8H2,1-3H3. The summed E-state index contributed by atoms with van der Waals surface area (Å²) in [4.78, 5) is 0.227. The van der Waals surface area contributed by atoms with E-state index >= 15 is 0 Å². The first-order chi connectivity index (χ1) is 9.43. The minimum Gasteiger partial charge on any atom is -0.465 e. The Kier molecular flexibility index (Phi) is 4.79. The Morgan fingerprint density at radius 2 is 2.05 bits per heavy atom. The number of morpholine rings is 1. The van der Waals surface area contributed by atoms with Gasteiger partial charge in [-0.1, -0.05) is 6.92 Å². The molecule has 1 saturated heterocycles.